The second-order valence-electron chi connectivity index (χ2n) is 5.02. The number of hydrogen-bond acceptors (Lipinski definition) is 3. The van der Waals surface area contributed by atoms with E-state index in [0.717, 1.165) is 32.3 Å². The molecular formula is C17H24O3. The van der Waals surface area contributed by atoms with Gasteiger partial charge in [-0.05, 0) is 31.2 Å². The maximum atomic E-state index is 5.97. The Kier molecular flexibility index (Phi) is 6.78. The van der Waals surface area contributed by atoms with Crippen LogP contribution in [0.4, 0.5) is 0 Å². The zero-order chi connectivity index (χ0) is 14.0. The van der Waals surface area contributed by atoms with Gasteiger partial charge >= 0.3 is 0 Å². The Labute approximate surface area is 121 Å². The summed E-state index contributed by atoms with van der Waals surface area (Å²) in [5.74, 6) is 0. The first-order valence-electron chi connectivity index (χ1n) is 7.40. The molecule has 1 fully saturated rings. The molecule has 110 valence electrons. The second kappa shape index (κ2) is 8.90. The first-order chi connectivity index (χ1) is 9.90. The molecule has 0 amide bonds. The molecule has 0 radical (unpaired) electrons. The number of benzene rings is 1. The van der Waals surface area contributed by atoms with E-state index in [1.807, 2.05) is 24.3 Å². The minimum atomic E-state index is -0.225. The number of hydrogen-bond donors (Lipinski definition) is 0. The third kappa shape index (κ3) is 5.08. The first-order valence-corrected chi connectivity index (χ1v) is 7.40. The fraction of sp³-hybridized carbons (Fsp3) is 0.529. The third-order valence-electron chi connectivity index (χ3n) is 3.36. The molecule has 3 nitrogen and oxygen atoms in total. The molecular weight excluding hydrogens is 252 g/mol. The predicted octanol–water partition coefficient (Wildman–Crippen LogP) is 3.69. The Bertz CT molecular complexity index is 377. The molecule has 1 aliphatic heterocycles. The van der Waals surface area contributed by atoms with Crippen LogP contribution in [0.25, 0.3) is 0 Å². The summed E-state index contributed by atoms with van der Waals surface area (Å²) in [4.78, 5) is 0. The summed E-state index contributed by atoms with van der Waals surface area (Å²) >= 11 is 0. The quantitative estimate of drug-likeness (QED) is 0.535. The monoisotopic (exact) mass is 276 g/mol. The van der Waals surface area contributed by atoms with E-state index in [2.05, 4.69) is 18.7 Å². The molecule has 20 heavy (non-hydrogen) atoms. The van der Waals surface area contributed by atoms with Gasteiger partial charge in [0.15, 0.2) is 6.29 Å². The van der Waals surface area contributed by atoms with Gasteiger partial charge in [-0.2, -0.15) is 0 Å². The Balaban J connectivity index is 1.76. The topological polar surface area (TPSA) is 27.7 Å². The fourth-order valence-electron chi connectivity index (χ4n) is 2.25. The van der Waals surface area contributed by atoms with Crippen molar-refractivity contribution in [2.24, 2.45) is 0 Å². The molecule has 2 atom stereocenters. The van der Waals surface area contributed by atoms with Crippen molar-refractivity contribution in [1.29, 1.82) is 0 Å². The molecule has 1 heterocycles. The van der Waals surface area contributed by atoms with Crippen molar-refractivity contribution in [2.45, 2.75) is 44.7 Å². The summed E-state index contributed by atoms with van der Waals surface area (Å²) in [6.45, 7) is 5.78. The number of allylic oxidation sites excluding steroid dienone is 1. The first kappa shape index (κ1) is 15.2. The second-order valence-corrected chi connectivity index (χ2v) is 5.02. The molecule has 1 saturated heterocycles. The van der Waals surface area contributed by atoms with Crippen LogP contribution in [-0.2, 0) is 20.8 Å². The SMILES string of the molecule is C=CCCCOC1OCCCC1OCc1ccccc1. The minimum Gasteiger partial charge on any atom is -0.368 e. The van der Waals surface area contributed by atoms with E-state index in [1.165, 1.54) is 5.56 Å². The number of rotatable bonds is 8. The summed E-state index contributed by atoms with van der Waals surface area (Å²) in [6.07, 6.45) is 5.71. The smallest absolute Gasteiger partial charge is 0.183 e. The zero-order valence-electron chi connectivity index (χ0n) is 12.0. The molecule has 0 aromatic heterocycles. The van der Waals surface area contributed by atoms with Crippen LogP contribution in [0.15, 0.2) is 43.0 Å². The van der Waals surface area contributed by atoms with Gasteiger partial charge in [0.1, 0.15) is 6.10 Å². The van der Waals surface area contributed by atoms with Crippen molar-refractivity contribution in [3.05, 3.63) is 48.6 Å². The maximum Gasteiger partial charge on any atom is 0.183 e. The van der Waals surface area contributed by atoms with Crippen molar-refractivity contribution in [3.63, 3.8) is 0 Å². The van der Waals surface area contributed by atoms with E-state index >= 15 is 0 Å². The van der Waals surface area contributed by atoms with E-state index in [1.54, 1.807) is 0 Å². The van der Waals surface area contributed by atoms with E-state index < -0.39 is 0 Å². The average molecular weight is 276 g/mol. The van der Waals surface area contributed by atoms with Gasteiger partial charge in [0.05, 0.1) is 13.2 Å². The summed E-state index contributed by atoms with van der Waals surface area (Å²) in [5.41, 5.74) is 1.18. The van der Waals surface area contributed by atoms with E-state index in [0.29, 0.717) is 13.2 Å². The van der Waals surface area contributed by atoms with Crippen LogP contribution in [0.2, 0.25) is 0 Å². The molecule has 0 bridgehead atoms. The molecule has 2 rings (SSSR count). The lowest BCUT2D eigenvalue weighted by Crippen LogP contribution is -2.38. The summed E-state index contributed by atoms with van der Waals surface area (Å²) < 4.78 is 17.4. The molecule has 0 saturated carbocycles. The molecule has 3 heteroatoms. The number of unbranched alkanes of at least 4 members (excludes halogenated alkanes) is 1. The summed E-state index contributed by atoms with van der Waals surface area (Å²) in [5, 5.41) is 0. The van der Waals surface area contributed by atoms with Crippen molar-refractivity contribution < 1.29 is 14.2 Å². The van der Waals surface area contributed by atoms with E-state index in [9.17, 15) is 0 Å². The predicted molar refractivity (Wildman–Crippen MR) is 79.4 cm³/mol. The van der Waals surface area contributed by atoms with Crippen LogP contribution < -0.4 is 0 Å². The highest BCUT2D eigenvalue weighted by Crippen LogP contribution is 2.20. The van der Waals surface area contributed by atoms with Crippen LogP contribution in [0, 0.1) is 0 Å². The largest absolute Gasteiger partial charge is 0.368 e. The maximum absolute atomic E-state index is 5.97. The van der Waals surface area contributed by atoms with Crippen LogP contribution >= 0.6 is 0 Å². The fourth-order valence-corrected chi connectivity index (χ4v) is 2.25. The highest BCUT2D eigenvalue weighted by atomic mass is 16.7. The third-order valence-corrected chi connectivity index (χ3v) is 3.36. The lowest BCUT2D eigenvalue weighted by Gasteiger charge is -2.31. The van der Waals surface area contributed by atoms with Gasteiger partial charge in [-0.15, -0.1) is 6.58 Å². The van der Waals surface area contributed by atoms with Crippen LogP contribution in [0.5, 0.6) is 0 Å². The lowest BCUT2D eigenvalue weighted by molar-refractivity contribution is -0.230. The van der Waals surface area contributed by atoms with Crippen LogP contribution in [0.3, 0.4) is 0 Å². The van der Waals surface area contributed by atoms with Gasteiger partial charge < -0.3 is 14.2 Å². The van der Waals surface area contributed by atoms with Gasteiger partial charge in [0.25, 0.3) is 0 Å². The summed E-state index contributed by atoms with van der Waals surface area (Å²) in [6, 6.07) is 10.2. The Morgan fingerprint density at radius 3 is 2.90 bits per heavy atom. The van der Waals surface area contributed by atoms with Gasteiger partial charge in [-0.25, -0.2) is 0 Å². The van der Waals surface area contributed by atoms with Gasteiger partial charge in [-0.3, -0.25) is 0 Å². The minimum absolute atomic E-state index is 0.0349. The number of ether oxygens (including phenoxy) is 3. The van der Waals surface area contributed by atoms with E-state index in [-0.39, 0.29) is 12.4 Å². The molecule has 0 N–H and O–H groups in total. The molecule has 1 aromatic carbocycles. The highest BCUT2D eigenvalue weighted by Gasteiger charge is 2.27. The molecule has 1 aliphatic rings. The van der Waals surface area contributed by atoms with Gasteiger partial charge in [-0.1, -0.05) is 36.4 Å². The molecule has 0 spiro atoms. The van der Waals surface area contributed by atoms with Gasteiger partial charge in [0.2, 0.25) is 0 Å². The van der Waals surface area contributed by atoms with Crippen molar-refractivity contribution in [1.82, 2.24) is 0 Å². The normalized spacial score (nSPS) is 22.6. The zero-order valence-corrected chi connectivity index (χ0v) is 12.0. The Hall–Kier alpha value is -1.16. The highest BCUT2D eigenvalue weighted by molar-refractivity contribution is 5.13. The van der Waals surface area contributed by atoms with Crippen molar-refractivity contribution in [3.8, 4) is 0 Å². The molecule has 0 aliphatic carbocycles. The Morgan fingerprint density at radius 2 is 2.10 bits per heavy atom. The Morgan fingerprint density at radius 1 is 1.25 bits per heavy atom. The molecule has 1 aromatic rings. The van der Waals surface area contributed by atoms with Crippen molar-refractivity contribution >= 4 is 0 Å². The average Bonchev–Trinajstić information content (AvgIpc) is 2.51. The standard InChI is InChI=1S/C17H24O3/c1-2-3-7-12-18-17-16(11-8-13-19-17)20-14-15-9-5-4-6-10-15/h2,4-6,9-10,16-17H,1,3,7-8,11-14H2. The van der Waals surface area contributed by atoms with Crippen LogP contribution in [0.1, 0.15) is 31.2 Å². The van der Waals surface area contributed by atoms with Gasteiger partial charge in [0, 0.05) is 6.61 Å². The van der Waals surface area contributed by atoms with Crippen molar-refractivity contribution in [2.75, 3.05) is 13.2 Å². The summed E-state index contributed by atoms with van der Waals surface area (Å²) in [7, 11) is 0. The lowest BCUT2D eigenvalue weighted by atomic mass is 10.1. The van der Waals surface area contributed by atoms with Crippen LogP contribution in [-0.4, -0.2) is 25.6 Å². The van der Waals surface area contributed by atoms with E-state index in [4.69, 9.17) is 14.2 Å². The molecule has 2 unspecified atom stereocenters.